The molecule has 0 bridgehead atoms. The molecule has 2 aromatic rings. The van der Waals surface area contributed by atoms with E-state index in [9.17, 15) is 14.7 Å². The van der Waals surface area contributed by atoms with Gasteiger partial charge in [0.1, 0.15) is 16.7 Å². The van der Waals surface area contributed by atoms with Gasteiger partial charge in [-0.25, -0.2) is 4.98 Å². The van der Waals surface area contributed by atoms with E-state index < -0.39 is 23.1 Å². The number of methoxy groups -OCH3 is 1. The molecule has 1 aromatic heterocycles. The van der Waals surface area contributed by atoms with Crippen LogP contribution in [-0.4, -0.2) is 46.1 Å². The summed E-state index contributed by atoms with van der Waals surface area (Å²) in [6.45, 7) is -0.209. The van der Waals surface area contributed by atoms with Crippen molar-refractivity contribution in [3.63, 3.8) is 0 Å². The van der Waals surface area contributed by atoms with E-state index in [1.807, 2.05) is 0 Å². The lowest BCUT2D eigenvalue weighted by atomic mass is 10.1. The van der Waals surface area contributed by atoms with Crippen molar-refractivity contribution < 1.29 is 29.0 Å². The van der Waals surface area contributed by atoms with Gasteiger partial charge in [-0.3, -0.25) is 9.59 Å². The van der Waals surface area contributed by atoms with Gasteiger partial charge in [0.2, 0.25) is 0 Å². The van der Waals surface area contributed by atoms with E-state index in [-0.39, 0.29) is 11.8 Å². The third-order valence-electron chi connectivity index (χ3n) is 2.77. The van der Waals surface area contributed by atoms with Crippen molar-refractivity contribution in [1.29, 1.82) is 0 Å². The number of carboxylic acid groups (broad SMARTS) is 2. The van der Waals surface area contributed by atoms with E-state index in [1.54, 1.807) is 24.3 Å². The van der Waals surface area contributed by atoms with Crippen LogP contribution in [0.1, 0.15) is 0 Å². The first-order valence-corrected chi connectivity index (χ1v) is 6.87. The van der Waals surface area contributed by atoms with Crippen LogP contribution in [0, 0.1) is 5.92 Å². The molecule has 2 atom stereocenters. The van der Waals surface area contributed by atoms with Gasteiger partial charge in [0.15, 0.2) is 5.58 Å². The number of para-hydroxylation sites is 2. The number of nitrogens with zero attached hydrogens (tertiary/aromatic N) is 1. The second-order valence-electron chi connectivity index (χ2n) is 4.22. The Labute approximate surface area is 123 Å². The zero-order chi connectivity index (χ0) is 15.4. The summed E-state index contributed by atoms with van der Waals surface area (Å²) in [5.41, 5.74) is 1.10. The molecule has 7 nitrogen and oxygen atoms in total. The van der Waals surface area contributed by atoms with Gasteiger partial charge < -0.3 is 19.4 Å². The molecule has 0 spiro atoms. The number of fused-ring (bicyclic) bond motifs is 1. The maximum absolute atomic E-state index is 11.3. The van der Waals surface area contributed by atoms with Gasteiger partial charge in [-0.1, -0.05) is 23.9 Å². The standard InChI is InChI=1S/C13H13NO6S/c1-19-6-7(11(15)16)10(12(17)18)21-13-14-8-4-2-3-5-9(8)20-13/h2-5,7,10H,6H2,1H3,(H,15,16)(H,17,18). The number of carboxylic acids is 2. The van der Waals surface area contributed by atoms with Crippen LogP contribution >= 0.6 is 11.8 Å². The molecule has 2 rings (SSSR count). The highest BCUT2D eigenvalue weighted by Gasteiger charge is 2.36. The zero-order valence-corrected chi connectivity index (χ0v) is 11.9. The lowest BCUT2D eigenvalue weighted by Crippen LogP contribution is -2.35. The number of rotatable bonds is 7. The van der Waals surface area contributed by atoms with Crippen LogP contribution in [-0.2, 0) is 14.3 Å². The van der Waals surface area contributed by atoms with Crippen LogP contribution in [0.15, 0.2) is 33.9 Å². The van der Waals surface area contributed by atoms with Crippen molar-refractivity contribution in [3.8, 4) is 0 Å². The maximum Gasteiger partial charge on any atom is 0.318 e. The molecule has 0 radical (unpaired) electrons. The van der Waals surface area contributed by atoms with Gasteiger partial charge in [0.05, 0.1) is 6.61 Å². The van der Waals surface area contributed by atoms with Gasteiger partial charge in [0.25, 0.3) is 5.22 Å². The van der Waals surface area contributed by atoms with Crippen LogP contribution in [0.25, 0.3) is 11.1 Å². The fourth-order valence-electron chi connectivity index (χ4n) is 1.78. The number of ether oxygens (including phenoxy) is 1. The van der Waals surface area contributed by atoms with E-state index in [2.05, 4.69) is 4.98 Å². The van der Waals surface area contributed by atoms with E-state index >= 15 is 0 Å². The Kier molecular flexibility index (Phi) is 4.81. The zero-order valence-electron chi connectivity index (χ0n) is 11.1. The van der Waals surface area contributed by atoms with Crippen molar-refractivity contribution in [1.82, 2.24) is 4.98 Å². The number of hydrogen-bond acceptors (Lipinski definition) is 6. The minimum atomic E-state index is -1.26. The smallest absolute Gasteiger partial charge is 0.318 e. The summed E-state index contributed by atoms with van der Waals surface area (Å²) in [4.78, 5) is 26.7. The van der Waals surface area contributed by atoms with Gasteiger partial charge in [-0.2, -0.15) is 0 Å². The molecule has 0 saturated heterocycles. The molecule has 0 saturated carbocycles. The molecular weight excluding hydrogens is 298 g/mol. The van der Waals surface area contributed by atoms with E-state index in [0.29, 0.717) is 11.1 Å². The molecule has 0 amide bonds. The quantitative estimate of drug-likeness (QED) is 0.744. The molecule has 1 aromatic carbocycles. The minimum Gasteiger partial charge on any atom is -0.481 e. The highest BCUT2D eigenvalue weighted by Crippen LogP contribution is 2.31. The normalized spacial score (nSPS) is 14.0. The largest absolute Gasteiger partial charge is 0.481 e. The van der Waals surface area contributed by atoms with Crippen LogP contribution < -0.4 is 0 Å². The first-order chi connectivity index (χ1) is 10.0. The monoisotopic (exact) mass is 311 g/mol. The Morgan fingerprint density at radius 2 is 2.05 bits per heavy atom. The molecule has 1 heterocycles. The third kappa shape index (κ3) is 3.53. The summed E-state index contributed by atoms with van der Waals surface area (Å²) in [5, 5.41) is 17.2. The van der Waals surface area contributed by atoms with Crippen LogP contribution in [0.5, 0.6) is 0 Å². The van der Waals surface area contributed by atoms with Crippen LogP contribution in [0.2, 0.25) is 0 Å². The Morgan fingerprint density at radius 3 is 2.62 bits per heavy atom. The van der Waals surface area contributed by atoms with Crippen molar-refractivity contribution in [2.45, 2.75) is 10.5 Å². The summed E-state index contributed by atoms with van der Waals surface area (Å²) in [7, 11) is 1.32. The molecular formula is C13H13NO6S. The van der Waals surface area contributed by atoms with E-state index in [0.717, 1.165) is 11.8 Å². The topological polar surface area (TPSA) is 110 Å². The molecule has 112 valence electrons. The molecule has 2 unspecified atom stereocenters. The summed E-state index contributed by atoms with van der Waals surface area (Å²) < 4.78 is 10.2. The second-order valence-corrected chi connectivity index (χ2v) is 5.32. The van der Waals surface area contributed by atoms with Crippen molar-refractivity contribution >= 4 is 34.8 Å². The van der Waals surface area contributed by atoms with Crippen LogP contribution in [0.4, 0.5) is 0 Å². The molecule has 0 aliphatic heterocycles. The average Bonchev–Trinajstić information content (AvgIpc) is 2.84. The number of oxazole rings is 1. The predicted octanol–water partition coefficient (Wildman–Crippen LogP) is 1.72. The van der Waals surface area contributed by atoms with Gasteiger partial charge in [-0.05, 0) is 12.1 Å². The summed E-state index contributed by atoms with van der Waals surface area (Å²) >= 11 is 0.761. The summed E-state index contributed by atoms with van der Waals surface area (Å²) in [6, 6.07) is 6.97. The predicted molar refractivity (Wildman–Crippen MR) is 74.3 cm³/mol. The number of hydrogen-bond donors (Lipinski definition) is 2. The lowest BCUT2D eigenvalue weighted by Gasteiger charge is -2.17. The molecule has 21 heavy (non-hydrogen) atoms. The number of aliphatic carboxylic acids is 2. The minimum absolute atomic E-state index is 0.117. The van der Waals surface area contributed by atoms with Crippen molar-refractivity contribution in [2.75, 3.05) is 13.7 Å². The first kappa shape index (κ1) is 15.3. The van der Waals surface area contributed by atoms with Gasteiger partial charge in [-0.15, -0.1) is 0 Å². The number of thioether (sulfide) groups is 1. The molecule has 0 fully saturated rings. The van der Waals surface area contributed by atoms with Crippen molar-refractivity contribution in [3.05, 3.63) is 24.3 Å². The second kappa shape index (κ2) is 6.59. The lowest BCUT2D eigenvalue weighted by molar-refractivity contribution is -0.149. The van der Waals surface area contributed by atoms with Crippen molar-refractivity contribution in [2.24, 2.45) is 5.92 Å². The molecule has 2 N–H and O–H groups in total. The summed E-state index contributed by atoms with van der Waals surface area (Å²) in [5.74, 6) is -3.70. The maximum atomic E-state index is 11.3. The SMILES string of the molecule is COCC(C(=O)O)C(Sc1nc2ccccc2o1)C(=O)O. The Morgan fingerprint density at radius 1 is 1.33 bits per heavy atom. The van der Waals surface area contributed by atoms with Gasteiger partial charge >= 0.3 is 11.9 Å². The fraction of sp³-hybridized carbons (Fsp3) is 0.308. The highest BCUT2D eigenvalue weighted by molar-refractivity contribution is 8.00. The Balaban J connectivity index is 2.26. The number of carbonyl (C=O) groups is 2. The highest BCUT2D eigenvalue weighted by atomic mass is 32.2. The number of aromatic nitrogens is 1. The Hall–Kier alpha value is -2.06. The van der Waals surface area contributed by atoms with E-state index in [4.69, 9.17) is 14.3 Å². The molecule has 0 aliphatic carbocycles. The average molecular weight is 311 g/mol. The van der Waals surface area contributed by atoms with E-state index in [1.165, 1.54) is 7.11 Å². The molecule has 8 heteroatoms. The van der Waals surface area contributed by atoms with Crippen LogP contribution in [0.3, 0.4) is 0 Å². The number of benzene rings is 1. The summed E-state index contributed by atoms with van der Waals surface area (Å²) in [6.07, 6.45) is 0. The fourth-order valence-corrected chi connectivity index (χ4v) is 2.75. The third-order valence-corrected chi connectivity index (χ3v) is 3.93. The molecule has 0 aliphatic rings. The van der Waals surface area contributed by atoms with Gasteiger partial charge in [0, 0.05) is 7.11 Å². The Bertz CT molecular complexity index is 622. The first-order valence-electron chi connectivity index (χ1n) is 5.99.